The minimum atomic E-state index is -0.167. The Labute approximate surface area is 130 Å². The van der Waals surface area contributed by atoms with Crippen LogP contribution in [0.3, 0.4) is 0 Å². The molecule has 4 nitrogen and oxygen atoms in total. The van der Waals surface area contributed by atoms with E-state index in [1.54, 1.807) is 0 Å². The molecule has 0 fully saturated rings. The number of benzene rings is 2. The van der Waals surface area contributed by atoms with Crippen LogP contribution in [0.5, 0.6) is 5.75 Å². The molecule has 0 saturated heterocycles. The third-order valence-electron chi connectivity index (χ3n) is 3.78. The summed E-state index contributed by atoms with van der Waals surface area (Å²) in [6, 6.07) is 15.9. The maximum Gasteiger partial charge on any atom is 0.315 e. The van der Waals surface area contributed by atoms with Gasteiger partial charge in [0.15, 0.2) is 0 Å². The van der Waals surface area contributed by atoms with Gasteiger partial charge in [-0.3, -0.25) is 0 Å². The highest BCUT2D eigenvalue weighted by molar-refractivity contribution is 5.73. The first-order valence-electron chi connectivity index (χ1n) is 7.52. The predicted octanol–water partition coefficient (Wildman–Crippen LogP) is 2.80. The second-order valence-electron chi connectivity index (χ2n) is 5.60. The van der Waals surface area contributed by atoms with E-state index in [4.69, 9.17) is 4.74 Å². The van der Waals surface area contributed by atoms with Gasteiger partial charge in [-0.1, -0.05) is 48.0 Å². The number of nitrogens with one attached hydrogen (secondary N) is 2. The average Bonchev–Trinajstić information content (AvgIpc) is 2.95. The summed E-state index contributed by atoms with van der Waals surface area (Å²) >= 11 is 0. The van der Waals surface area contributed by atoms with Crippen molar-refractivity contribution in [2.24, 2.45) is 0 Å². The Morgan fingerprint density at radius 1 is 1.14 bits per heavy atom. The van der Waals surface area contributed by atoms with Gasteiger partial charge in [0.05, 0.1) is 6.54 Å². The number of hydrogen-bond acceptors (Lipinski definition) is 2. The molecule has 0 aliphatic carbocycles. The SMILES string of the molecule is Cc1ccc(CNC(=O)NC[C@H]2Cc3ccccc3O2)cc1. The van der Waals surface area contributed by atoms with E-state index in [1.165, 1.54) is 11.1 Å². The number of urea groups is 1. The van der Waals surface area contributed by atoms with Crippen molar-refractivity contribution in [3.63, 3.8) is 0 Å². The van der Waals surface area contributed by atoms with Gasteiger partial charge in [0.1, 0.15) is 11.9 Å². The number of para-hydroxylation sites is 1. The van der Waals surface area contributed by atoms with Gasteiger partial charge in [0.25, 0.3) is 0 Å². The monoisotopic (exact) mass is 296 g/mol. The van der Waals surface area contributed by atoms with Crippen molar-refractivity contribution >= 4 is 6.03 Å². The lowest BCUT2D eigenvalue weighted by Crippen LogP contribution is -2.40. The normalized spacial score (nSPS) is 15.8. The van der Waals surface area contributed by atoms with Gasteiger partial charge >= 0.3 is 6.03 Å². The number of amides is 2. The van der Waals surface area contributed by atoms with E-state index < -0.39 is 0 Å². The molecule has 2 amide bonds. The summed E-state index contributed by atoms with van der Waals surface area (Å²) in [5, 5.41) is 5.72. The molecule has 0 saturated carbocycles. The minimum absolute atomic E-state index is 0.0162. The number of aryl methyl sites for hydroxylation is 1. The summed E-state index contributed by atoms with van der Waals surface area (Å²) in [6.07, 6.45) is 0.858. The van der Waals surface area contributed by atoms with E-state index in [9.17, 15) is 4.79 Å². The molecule has 2 aromatic rings. The zero-order valence-corrected chi connectivity index (χ0v) is 12.6. The van der Waals surface area contributed by atoms with Crippen LogP contribution >= 0.6 is 0 Å². The molecular weight excluding hydrogens is 276 g/mol. The van der Waals surface area contributed by atoms with Gasteiger partial charge in [-0.15, -0.1) is 0 Å². The Morgan fingerprint density at radius 2 is 1.91 bits per heavy atom. The quantitative estimate of drug-likeness (QED) is 0.911. The molecule has 0 bridgehead atoms. The van der Waals surface area contributed by atoms with Crippen LogP contribution in [0.25, 0.3) is 0 Å². The molecule has 1 aliphatic heterocycles. The van der Waals surface area contributed by atoms with Crippen LogP contribution in [0.15, 0.2) is 48.5 Å². The fourth-order valence-electron chi connectivity index (χ4n) is 2.53. The first-order chi connectivity index (χ1) is 10.7. The summed E-state index contributed by atoms with van der Waals surface area (Å²) in [6.45, 7) is 3.08. The zero-order valence-electron chi connectivity index (χ0n) is 12.6. The highest BCUT2D eigenvalue weighted by Gasteiger charge is 2.22. The second kappa shape index (κ2) is 6.52. The standard InChI is InChI=1S/C18H20N2O2/c1-13-6-8-14(9-7-13)11-19-18(21)20-12-16-10-15-4-2-3-5-17(15)22-16/h2-9,16H,10-12H2,1H3,(H2,19,20,21)/t16-/m1/s1. The Hall–Kier alpha value is -2.49. The van der Waals surface area contributed by atoms with Crippen LogP contribution in [0, 0.1) is 6.92 Å². The van der Waals surface area contributed by atoms with Gasteiger partial charge in [-0.05, 0) is 24.1 Å². The topological polar surface area (TPSA) is 50.4 Å². The van der Waals surface area contributed by atoms with Crippen LogP contribution in [0.4, 0.5) is 4.79 Å². The Kier molecular flexibility index (Phi) is 4.28. The van der Waals surface area contributed by atoms with Crippen molar-refractivity contribution in [2.45, 2.75) is 26.0 Å². The summed E-state index contributed by atoms with van der Waals surface area (Å²) in [5.74, 6) is 0.925. The lowest BCUT2D eigenvalue weighted by molar-refractivity contribution is 0.214. The number of ether oxygens (including phenoxy) is 1. The molecule has 4 heteroatoms. The lowest BCUT2D eigenvalue weighted by atomic mass is 10.1. The van der Waals surface area contributed by atoms with E-state index in [0.717, 1.165) is 17.7 Å². The number of rotatable bonds is 4. The molecule has 0 radical (unpaired) electrons. The Balaban J connectivity index is 1.41. The average molecular weight is 296 g/mol. The van der Waals surface area contributed by atoms with Crippen molar-refractivity contribution in [1.82, 2.24) is 10.6 Å². The minimum Gasteiger partial charge on any atom is -0.488 e. The first-order valence-corrected chi connectivity index (χ1v) is 7.52. The van der Waals surface area contributed by atoms with Crippen molar-refractivity contribution in [3.05, 3.63) is 65.2 Å². The maximum atomic E-state index is 11.8. The summed E-state index contributed by atoms with van der Waals surface area (Å²) < 4.78 is 5.79. The lowest BCUT2D eigenvalue weighted by Gasteiger charge is -2.12. The molecule has 3 rings (SSSR count). The van der Waals surface area contributed by atoms with E-state index in [1.807, 2.05) is 49.4 Å². The second-order valence-corrected chi connectivity index (χ2v) is 5.60. The van der Waals surface area contributed by atoms with E-state index >= 15 is 0 Å². The molecule has 0 aromatic heterocycles. The van der Waals surface area contributed by atoms with E-state index in [0.29, 0.717) is 13.1 Å². The molecule has 0 unspecified atom stereocenters. The molecule has 1 aliphatic rings. The van der Waals surface area contributed by atoms with Gasteiger partial charge in [0.2, 0.25) is 0 Å². The third-order valence-corrected chi connectivity index (χ3v) is 3.78. The fraction of sp³-hybridized carbons (Fsp3) is 0.278. The first kappa shape index (κ1) is 14.4. The largest absolute Gasteiger partial charge is 0.488 e. The molecule has 0 spiro atoms. The van der Waals surface area contributed by atoms with Crippen LogP contribution in [-0.2, 0) is 13.0 Å². The Morgan fingerprint density at radius 3 is 2.68 bits per heavy atom. The van der Waals surface area contributed by atoms with Crippen molar-refractivity contribution < 1.29 is 9.53 Å². The summed E-state index contributed by atoms with van der Waals surface area (Å²) in [7, 11) is 0. The van der Waals surface area contributed by atoms with Crippen LogP contribution in [0.1, 0.15) is 16.7 Å². The van der Waals surface area contributed by atoms with E-state index in [2.05, 4.69) is 16.7 Å². The number of carbonyl (C=O) groups is 1. The van der Waals surface area contributed by atoms with Gasteiger partial charge in [-0.2, -0.15) is 0 Å². The molecule has 2 aromatic carbocycles. The van der Waals surface area contributed by atoms with Crippen LogP contribution < -0.4 is 15.4 Å². The predicted molar refractivity (Wildman–Crippen MR) is 86.0 cm³/mol. The highest BCUT2D eigenvalue weighted by Crippen LogP contribution is 2.27. The van der Waals surface area contributed by atoms with Gasteiger partial charge in [0, 0.05) is 13.0 Å². The number of carbonyl (C=O) groups excluding carboxylic acids is 1. The molecule has 2 N–H and O–H groups in total. The smallest absolute Gasteiger partial charge is 0.315 e. The zero-order chi connectivity index (χ0) is 15.4. The molecule has 114 valence electrons. The highest BCUT2D eigenvalue weighted by atomic mass is 16.5. The molecular formula is C18H20N2O2. The third kappa shape index (κ3) is 3.58. The molecule has 22 heavy (non-hydrogen) atoms. The Bertz CT molecular complexity index is 627. The summed E-state index contributed by atoms with van der Waals surface area (Å²) in [5.41, 5.74) is 3.51. The fourth-order valence-corrected chi connectivity index (χ4v) is 2.53. The molecule has 1 atom stereocenters. The maximum absolute atomic E-state index is 11.8. The van der Waals surface area contributed by atoms with Crippen molar-refractivity contribution in [3.8, 4) is 5.75 Å². The van der Waals surface area contributed by atoms with Gasteiger partial charge in [-0.25, -0.2) is 4.79 Å². The van der Waals surface area contributed by atoms with Crippen molar-refractivity contribution in [1.29, 1.82) is 0 Å². The van der Waals surface area contributed by atoms with Crippen LogP contribution in [-0.4, -0.2) is 18.7 Å². The number of hydrogen-bond donors (Lipinski definition) is 2. The summed E-state index contributed by atoms with van der Waals surface area (Å²) in [4.78, 5) is 11.8. The van der Waals surface area contributed by atoms with Gasteiger partial charge < -0.3 is 15.4 Å². The van der Waals surface area contributed by atoms with E-state index in [-0.39, 0.29) is 12.1 Å². The van der Waals surface area contributed by atoms with Crippen molar-refractivity contribution in [2.75, 3.05) is 6.54 Å². The molecule has 1 heterocycles. The van der Waals surface area contributed by atoms with Crippen LogP contribution in [0.2, 0.25) is 0 Å². The number of fused-ring (bicyclic) bond motifs is 1.